The van der Waals surface area contributed by atoms with Gasteiger partial charge in [-0.2, -0.15) is 0 Å². The van der Waals surface area contributed by atoms with Crippen LogP contribution in [0.25, 0.3) is 0 Å². The van der Waals surface area contributed by atoms with Gasteiger partial charge in [-0.15, -0.1) is 0 Å². The first-order valence-corrected chi connectivity index (χ1v) is 6.92. The summed E-state index contributed by atoms with van der Waals surface area (Å²) in [6.45, 7) is 0.558. The summed E-state index contributed by atoms with van der Waals surface area (Å²) in [5.41, 5.74) is 0.628. The number of benzene rings is 1. The van der Waals surface area contributed by atoms with Crippen molar-refractivity contribution in [3.05, 3.63) is 24.3 Å². The summed E-state index contributed by atoms with van der Waals surface area (Å²) in [6, 6.07) is 6.94. The van der Waals surface area contributed by atoms with Crippen molar-refractivity contribution in [3.63, 3.8) is 0 Å². The monoisotopic (exact) mass is 294 g/mol. The van der Waals surface area contributed by atoms with Gasteiger partial charge in [-0.1, -0.05) is 18.6 Å². The van der Waals surface area contributed by atoms with Gasteiger partial charge in [0.1, 0.15) is 5.75 Å². The molecule has 0 bridgehead atoms. The van der Waals surface area contributed by atoms with Crippen LogP contribution in [-0.2, 0) is 9.53 Å². The maximum Gasteiger partial charge on any atom is 0.319 e. The zero-order chi connectivity index (χ0) is 15.5. The average Bonchev–Trinajstić information content (AvgIpc) is 2.50. The molecule has 0 aliphatic rings. The number of amides is 2. The van der Waals surface area contributed by atoms with E-state index < -0.39 is 0 Å². The normalized spacial score (nSPS) is 9.81. The molecule has 1 aromatic rings. The van der Waals surface area contributed by atoms with Crippen molar-refractivity contribution in [1.82, 2.24) is 5.32 Å². The molecular weight excluding hydrogens is 272 g/mol. The number of carbonyl (C=O) groups excluding carboxylic acids is 2. The number of ether oxygens (including phenoxy) is 2. The van der Waals surface area contributed by atoms with Crippen LogP contribution >= 0.6 is 0 Å². The van der Waals surface area contributed by atoms with Crippen LogP contribution in [0.1, 0.15) is 25.7 Å². The molecule has 0 fully saturated rings. The van der Waals surface area contributed by atoms with Crippen molar-refractivity contribution in [2.75, 3.05) is 26.1 Å². The highest BCUT2D eigenvalue weighted by Gasteiger charge is 2.05. The number of hydrogen-bond acceptors (Lipinski definition) is 4. The second-order valence-corrected chi connectivity index (χ2v) is 4.47. The summed E-state index contributed by atoms with van der Waals surface area (Å²) in [5, 5.41) is 5.49. The summed E-state index contributed by atoms with van der Waals surface area (Å²) >= 11 is 0. The number of para-hydroxylation sites is 2. The largest absolute Gasteiger partial charge is 0.495 e. The molecule has 2 N–H and O–H groups in total. The van der Waals surface area contributed by atoms with E-state index in [1.165, 1.54) is 7.11 Å². The van der Waals surface area contributed by atoms with E-state index in [0.29, 0.717) is 24.4 Å². The topological polar surface area (TPSA) is 76.7 Å². The fourth-order valence-corrected chi connectivity index (χ4v) is 1.79. The third kappa shape index (κ3) is 6.65. The third-order valence-corrected chi connectivity index (χ3v) is 2.93. The van der Waals surface area contributed by atoms with Crippen molar-refractivity contribution < 1.29 is 19.1 Å². The number of esters is 1. The summed E-state index contributed by atoms with van der Waals surface area (Å²) in [5.74, 6) is 0.419. The van der Waals surface area contributed by atoms with Crippen molar-refractivity contribution in [2.45, 2.75) is 25.7 Å². The van der Waals surface area contributed by atoms with Crippen LogP contribution in [0, 0.1) is 0 Å². The summed E-state index contributed by atoms with van der Waals surface area (Å²) in [6.07, 6.45) is 2.87. The van der Waals surface area contributed by atoms with Crippen LogP contribution in [0.4, 0.5) is 10.5 Å². The first kappa shape index (κ1) is 16.8. The molecule has 6 nitrogen and oxygen atoms in total. The van der Waals surface area contributed by atoms with Crippen LogP contribution < -0.4 is 15.4 Å². The quantitative estimate of drug-likeness (QED) is 0.570. The Morgan fingerprint density at radius 2 is 1.86 bits per heavy atom. The number of carbonyl (C=O) groups is 2. The predicted octanol–water partition coefficient (Wildman–Crippen LogP) is 2.55. The number of unbranched alkanes of at least 4 members (excludes halogenated alkanes) is 2. The highest BCUT2D eigenvalue weighted by atomic mass is 16.5. The van der Waals surface area contributed by atoms with Crippen molar-refractivity contribution in [3.8, 4) is 5.75 Å². The Balaban J connectivity index is 2.18. The van der Waals surface area contributed by atoms with Gasteiger partial charge >= 0.3 is 12.0 Å². The molecule has 21 heavy (non-hydrogen) atoms. The fourth-order valence-electron chi connectivity index (χ4n) is 1.79. The summed E-state index contributed by atoms with van der Waals surface area (Å²) < 4.78 is 9.70. The Kier molecular flexibility index (Phi) is 7.71. The third-order valence-electron chi connectivity index (χ3n) is 2.93. The first-order chi connectivity index (χ1) is 10.2. The first-order valence-electron chi connectivity index (χ1n) is 6.92. The Hall–Kier alpha value is -2.24. The molecule has 0 spiro atoms. The van der Waals surface area contributed by atoms with E-state index in [0.717, 1.165) is 19.3 Å². The highest BCUT2D eigenvalue weighted by molar-refractivity contribution is 5.90. The van der Waals surface area contributed by atoms with Crippen LogP contribution in [0.15, 0.2) is 24.3 Å². The Morgan fingerprint density at radius 3 is 2.57 bits per heavy atom. The molecule has 2 amide bonds. The van der Waals surface area contributed by atoms with Gasteiger partial charge in [-0.3, -0.25) is 4.79 Å². The summed E-state index contributed by atoms with van der Waals surface area (Å²) in [4.78, 5) is 22.6. The fraction of sp³-hybridized carbons (Fsp3) is 0.467. The molecule has 0 unspecified atom stereocenters. The molecule has 0 aromatic heterocycles. The zero-order valence-electron chi connectivity index (χ0n) is 12.5. The van der Waals surface area contributed by atoms with Gasteiger partial charge < -0.3 is 20.1 Å². The van der Waals surface area contributed by atoms with Crippen LogP contribution in [0.2, 0.25) is 0 Å². The molecule has 0 saturated heterocycles. The van der Waals surface area contributed by atoms with E-state index in [2.05, 4.69) is 15.4 Å². The minimum absolute atomic E-state index is 0.197. The molecular formula is C15H22N2O4. The van der Waals surface area contributed by atoms with Gasteiger partial charge in [-0.05, 0) is 25.0 Å². The lowest BCUT2D eigenvalue weighted by Gasteiger charge is -2.10. The molecule has 116 valence electrons. The van der Waals surface area contributed by atoms with E-state index in [-0.39, 0.29) is 12.0 Å². The van der Waals surface area contributed by atoms with Gasteiger partial charge in [0.15, 0.2) is 0 Å². The molecule has 0 atom stereocenters. The maximum absolute atomic E-state index is 11.7. The van der Waals surface area contributed by atoms with Crippen LogP contribution in [-0.4, -0.2) is 32.8 Å². The van der Waals surface area contributed by atoms with Gasteiger partial charge in [0, 0.05) is 13.0 Å². The van der Waals surface area contributed by atoms with E-state index in [1.807, 2.05) is 12.1 Å². The highest BCUT2D eigenvalue weighted by Crippen LogP contribution is 2.22. The minimum atomic E-state index is -0.271. The zero-order valence-corrected chi connectivity index (χ0v) is 12.5. The molecule has 6 heteroatoms. The van der Waals surface area contributed by atoms with E-state index in [4.69, 9.17) is 4.74 Å². The SMILES string of the molecule is COC(=O)CCCCCNC(=O)Nc1ccccc1OC. The van der Waals surface area contributed by atoms with Crippen molar-refractivity contribution >= 4 is 17.7 Å². The smallest absolute Gasteiger partial charge is 0.319 e. The Bertz CT molecular complexity index is 463. The maximum atomic E-state index is 11.7. The lowest BCUT2D eigenvalue weighted by molar-refractivity contribution is -0.140. The number of nitrogens with one attached hydrogen (secondary N) is 2. The van der Waals surface area contributed by atoms with Crippen molar-refractivity contribution in [2.24, 2.45) is 0 Å². The summed E-state index contributed by atoms with van der Waals surface area (Å²) in [7, 11) is 2.94. The predicted molar refractivity (Wildman–Crippen MR) is 80.5 cm³/mol. The molecule has 0 aliphatic carbocycles. The van der Waals surface area contributed by atoms with Gasteiger partial charge in [0.2, 0.25) is 0 Å². The Labute approximate surface area is 124 Å². The van der Waals surface area contributed by atoms with Crippen LogP contribution in [0.3, 0.4) is 0 Å². The second-order valence-electron chi connectivity index (χ2n) is 4.47. The lowest BCUT2D eigenvalue weighted by Crippen LogP contribution is -2.29. The standard InChI is InChI=1S/C15H22N2O4/c1-20-13-9-6-5-8-12(13)17-15(19)16-11-7-3-4-10-14(18)21-2/h5-6,8-9H,3-4,7,10-11H2,1-2H3,(H2,16,17,19). The molecule has 0 saturated carbocycles. The van der Waals surface area contributed by atoms with Crippen molar-refractivity contribution in [1.29, 1.82) is 0 Å². The molecule has 0 aliphatic heterocycles. The van der Waals surface area contributed by atoms with Crippen LogP contribution in [0.5, 0.6) is 5.75 Å². The Morgan fingerprint density at radius 1 is 1.10 bits per heavy atom. The molecule has 1 rings (SSSR count). The van der Waals surface area contributed by atoms with E-state index >= 15 is 0 Å². The molecule has 0 heterocycles. The van der Waals surface area contributed by atoms with E-state index in [9.17, 15) is 9.59 Å². The molecule has 0 radical (unpaired) electrons. The second kappa shape index (κ2) is 9.63. The van der Waals surface area contributed by atoms with Gasteiger partial charge in [0.05, 0.1) is 19.9 Å². The number of hydrogen-bond donors (Lipinski definition) is 2. The van der Waals surface area contributed by atoms with Gasteiger partial charge in [0.25, 0.3) is 0 Å². The number of urea groups is 1. The number of methoxy groups -OCH3 is 2. The van der Waals surface area contributed by atoms with E-state index in [1.54, 1.807) is 19.2 Å². The number of anilines is 1. The number of rotatable bonds is 8. The molecule has 1 aromatic carbocycles. The van der Waals surface area contributed by atoms with Gasteiger partial charge in [-0.25, -0.2) is 4.79 Å². The average molecular weight is 294 g/mol. The minimum Gasteiger partial charge on any atom is -0.495 e. The lowest BCUT2D eigenvalue weighted by atomic mass is 10.2.